The van der Waals surface area contributed by atoms with Gasteiger partial charge in [-0.3, -0.25) is 0 Å². The van der Waals surface area contributed by atoms with Gasteiger partial charge in [-0.2, -0.15) is 11.3 Å². The molecule has 0 fully saturated rings. The van der Waals surface area contributed by atoms with Crippen LogP contribution < -0.4 is 10.5 Å². The van der Waals surface area contributed by atoms with Crippen molar-refractivity contribution in [2.75, 3.05) is 0 Å². The van der Waals surface area contributed by atoms with Crippen LogP contribution in [0.15, 0.2) is 46.2 Å². The van der Waals surface area contributed by atoms with Crippen molar-refractivity contribution in [2.24, 2.45) is 10.9 Å². The smallest absolute Gasteiger partial charge is 0.170 e. The van der Waals surface area contributed by atoms with Crippen molar-refractivity contribution < 1.29 is 9.94 Å². The summed E-state index contributed by atoms with van der Waals surface area (Å²) < 4.78 is 5.58. The zero-order valence-corrected chi connectivity index (χ0v) is 9.85. The van der Waals surface area contributed by atoms with Crippen molar-refractivity contribution in [3.63, 3.8) is 0 Å². The van der Waals surface area contributed by atoms with E-state index in [1.165, 1.54) is 0 Å². The Balaban J connectivity index is 1.99. The number of nitrogens with zero attached hydrogens (tertiary/aromatic N) is 1. The third-order valence-electron chi connectivity index (χ3n) is 2.24. The third-order valence-corrected chi connectivity index (χ3v) is 2.98. The molecule has 1 heterocycles. The van der Waals surface area contributed by atoms with Gasteiger partial charge < -0.3 is 15.7 Å². The van der Waals surface area contributed by atoms with E-state index in [-0.39, 0.29) is 5.84 Å². The van der Waals surface area contributed by atoms with Gasteiger partial charge in [0, 0.05) is 5.56 Å². The SMILES string of the molecule is N/C(=N\O)c1ccc(OCc2ccsc2)cc1. The van der Waals surface area contributed by atoms with Crippen LogP contribution >= 0.6 is 11.3 Å². The van der Waals surface area contributed by atoms with Gasteiger partial charge in [-0.05, 0) is 46.7 Å². The van der Waals surface area contributed by atoms with E-state index < -0.39 is 0 Å². The molecule has 1 aromatic carbocycles. The standard InChI is InChI=1S/C12H12N2O2S/c13-12(14-15)10-1-3-11(4-2-10)16-7-9-5-6-17-8-9/h1-6,8,15H,7H2,(H2,13,14). The lowest BCUT2D eigenvalue weighted by molar-refractivity contribution is 0.306. The molecule has 4 nitrogen and oxygen atoms in total. The van der Waals surface area contributed by atoms with Crippen LogP contribution in [0.5, 0.6) is 5.75 Å². The van der Waals surface area contributed by atoms with Crippen LogP contribution in [-0.4, -0.2) is 11.0 Å². The van der Waals surface area contributed by atoms with Crippen LogP contribution in [0.1, 0.15) is 11.1 Å². The first-order valence-corrected chi connectivity index (χ1v) is 5.95. The summed E-state index contributed by atoms with van der Waals surface area (Å²) in [6.45, 7) is 0.548. The number of oxime groups is 1. The average molecular weight is 248 g/mol. The van der Waals surface area contributed by atoms with Gasteiger partial charge in [0.1, 0.15) is 12.4 Å². The average Bonchev–Trinajstić information content (AvgIpc) is 2.89. The highest BCUT2D eigenvalue weighted by Crippen LogP contribution is 2.15. The van der Waals surface area contributed by atoms with Gasteiger partial charge in [-0.25, -0.2) is 0 Å². The molecule has 0 aliphatic heterocycles. The first-order valence-electron chi connectivity index (χ1n) is 5.01. The molecule has 1 aromatic heterocycles. The monoisotopic (exact) mass is 248 g/mol. The number of benzene rings is 1. The second kappa shape index (κ2) is 5.36. The Morgan fingerprint density at radius 1 is 1.29 bits per heavy atom. The lowest BCUT2D eigenvalue weighted by Gasteiger charge is -2.05. The Bertz CT molecular complexity index is 492. The number of hydrogen-bond donors (Lipinski definition) is 2. The van der Waals surface area contributed by atoms with Gasteiger partial charge in [0.05, 0.1) is 0 Å². The molecule has 0 saturated carbocycles. The molecule has 88 valence electrons. The molecule has 0 bridgehead atoms. The Morgan fingerprint density at radius 2 is 2.06 bits per heavy atom. The summed E-state index contributed by atoms with van der Waals surface area (Å²) in [7, 11) is 0. The van der Waals surface area contributed by atoms with Crippen LogP contribution in [0, 0.1) is 0 Å². The summed E-state index contributed by atoms with van der Waals surface area (Å²) in [6.07, 6.45) is 0. The van der Waals surface area contributed by atoms with Crippen molar-refractivity contribution in [1.29, 1.82) is 0 Å². The van der Waals surface area contributed by atoms with E-state index >= 15 is 0 Å². The number of ether oxygens (including phenoxy) is 1. The van der Waals surface area contributed by atoms with Crippen LogP contribution in [0.3, 0.4) is 0 Å². The molecule has 0 aliphatic rings. The number of amidine groups is 1. The van der Waals surface area contributed by atoms with Gasteiger partial charge in [0.25, 0.3) is 0 Å². The van der Waals surface area contributed by atoms with Crippen molar-refractivity contribution in [3.05, 3.63) is 52.2 Å². The summed E-state index contributed by atoms with van der Waals surface area (Å²) >= 11 is 1.64. The summed E-state index contributed by atoms with van der Waals surface area (Å²) in [5, 5.41) is 15.5. The summed E-state index contributed by atoms with van der Waals surface area (Å²) in [4.78, 5) is 0. The van der Waals surface area contributed by atoms with Gasteiger partial charge in [0.15, 0.2) is 5.84 Å². The number of rotatable bonds is 4. The minimum Gasteiger partial charge on any atom is -0.489 e. The molecule has 2 aromatic rings. The Morgan fingerprint density at radius 3 is 2.65 bits per heavy atom. The number of nitrogens with two attached hydrogens (primary N) is 1. The van der Waals surface area contributed by atoms with Gasteiger partial charge in [-0.1, -0.05) is 5.16 Å². The maximum absolute atomic E-state index is 8.52. The molecular weight excluding hydrogens is 236 g/mol. The third kappa shape index (κ3) is 2.98. The molecule has 0 atom stereocenters. The number of thiophene rings is 1. The Hall–Kier alpha value is -2.01. The fourth-order valence-corrected chi connectivity index (χ4v) is 1.97. The summed E-state index contributed by atoms with van der Waals surface area (Å²) in [5.41, 5.74) is 7.27. The largest absolute Gasteiger partial charge is 0.489 e. The molecule has 5 heteroatoms. The molecule has 2 rings (SSSR count). The van der Waals surface area contributed by atoms with Crippen LogP contribution in [0.4, 0.5) is 0 Å². The fourth-order valence-electron chi connectivity index (χ4n) is 1.32. The Kier molecular flexibility index (Phi) is 3.62. The van der Waals surface area contributed by atoms with Crippen LogP contribution in [0.25, 0.3) is 0 Å². The highest BCUT2D eigenvalue weighted by molar-refractivity contribution is 7.07. The minimum atomic E-state index is 0.0920. The predicted octanol–water partition coefficient (Wildman–Crippen LogP) is 2.42. The molecule has 0 aliphatic carbocycles. The maximum Gasteiger partial charge on any atom is 0.170 e. The normalized spacial score (nSPS) is 11.4. The molecule has 0 saturated heterocycles. The molecule has 0 spiro atoms. The molecular formula is C12H12N2O2S. The van der Waals surface area contributed by atoms with Crippen molar-refractivity contribution in [2.45, 2.75) is 6.61 Å². The van der Waals surface area contributed by atoms with E-state index in [1.54, 1.807) is 35.6 Å². The van der Waals surface area contributed by atoms with Crippen molar-refractivity contribution in [1.82, 2.24) is 0 Å². The quantitative estimate of drug-likeness (QED) is 0.378. The predicted molar refractivity (Wildman–Crippen MR) is 67.6 cm³/mol. The van der Waals surface area contributed by atoms with E-state index in [1.807, 2.05) is 16.8 Å². The highest BCUT2D eigenvalue weighted by Gasteiger charge is 2.00. The summed E-state index contributed by atoms with van der Waals surface area (Å²) in [6, 6.07) is 9.10. The zero-order chi connectivity index (χ0) is 12.1. The first kappa shape index (κ1) is 11.5. The molecule has 0 radical (unpaired) electrons. The van der Waals surface area contributed by atoms with E-state index in [0.29, 0.717) is 12.2 Å². The molecule has 3 N–H and O–H groups in total. The molecule has 0 unspecified atom stereocenters. The van der Waals surface area contributed by atoms with E-state index in [2.05, 4.69) is 5.16 Å². The lowest BCUT2D eigenvalue weighted by Crippen LogP contribution is -2.12. The van der Waals surface area contributed by atoms with Gasteiger partial charge >= 0.3 is 0 Å². The van der Waals surface area contributed by atoms with Crippen LogP contribution in [0.2, 0.25) is 0 Å². The second-order valence-corrected chi connectivity index (χ2v) is 4.21. The van der Waals surface area contributed by atoms with Crippen LogP contribution in [-0.2, 0) is 6.61 Å². The zero-order valence-electron chi connectivity index (χ0n) is 9.04. The molecule has 17 heavy (non-hydrogen) atoms. The lowest BCUT2D eigenvalue weighted by atomic mass is 10.2. The van der Waals surface area contributed by atoms with Crippen molar-refractivity contribution >= 4 is 17.2 Å². The first-order chi connectivity index (χ1) is 8.29. The second-order valence-electron chi connectivity index (χ2n) is 3.43. The molecule has 0 amide bonds. The van der Waals surface area contributed by atoms with Gasteiger partial charge in [-0.15, -0.1) is 0 Å². The Labute approximate surface area is 103 Å². The van der Waals surface area contributed by atoms with Gasteiger partial charge in [0.2, 0.25) is 0 Å². The number of hydrogen-bond acceptors (Lipinski definition) is 4. The highest BCUT2D eigenvalue weighted by atomic mass is 32.1. The van der Waals surface area contributed by atoms with E-state index in [9.17, 15) is 0 Å². The van der Waals surface area contributed by atoms with Crippen molar-refractivity contribution in [3.8, 4) is 5.75 Å². The van der Waals surface area contributed by atoms with E-state index in [0.717, 1.165) is 11.3 Å². The minimum absolute atomic E-state index is 0.0920. The fraction of sp³-hybridized carbons (Fsp3) is 0.0833. The summed E-state index contributed by atoms with van der Waals surface area (Å²) in [5.74, 6) is 0.847. The van der Waals surface area contributed by atoms with E-state index in [4.69, 9.17) is 15.7 Å². The maximum atomic E-state index is 8.52. The topological polar surface area (TPSA) is 67.8 Å².